The van der Waals surface area contributed by atoms with Gasteiger partial charge < -0.3 is 14.3 Å². The van der Waals surface area contributed by atoms with Crippen LogP contribution in [0.15, 0.2) is 0 Å². The summed E-state index contributed by atoms with van der Waals surface area (Å²) in [5, 5.41) is 3.49. The number of quaternary nitrogens is 2. The molecule has 3 saturated heterocycles. The summed E-state index contributed by atoms with van der Waals surface area (Å²) < 4.78 is 2.68. The van der Waals surface area contributed by atoms with Crippen molar-refractivity contribution in [2.75, 3.05) is 72.5 Å². The van der Waals surface area contributed by atoms with Gasteiger partial charge in [-0.2, -0.15) is 0 Å². The molecule has 3 aliphatic heterocycles. The third kappa shape index (κ3) is 3.18. The monoisotopic (exact) mass is 242 g/mol. The molecule has 4 N–H and O–H groups in total. The summed E-state index contributed by atoms with van der Waals surface area (Å²) in [4.78, 5) is 3.01. The quantitative estimate of drug-likeness (QED) is 0.200. The second-order valence-electron chi connectivity index (χ2n) is 5.90. The largest absolute Gasteiger partial charge is 0.312 e. The topological polar surface area (TPSA) is 52.0 Å². The van der Waals surface area contributed by atoms with Gasteiger partial charge in [0, 0.05) is 13.1 Å². The van der Waals surface area contributed by atoms with Crippen LogP contribution in [0.1, 0.15) is 0 Å². The van der Waals surface area contributed by atoms with Crippen molar-refractivity contribution in [3.05, 3.63) is 0 Å². The maximum atomic E-state index is 5.25. The second-order valence-corrected chi connectivity index (χ2v) is 5.90. The van der Waals surface area contributed by atoms with Gasteiger partial charge in [0.25, 0.3) is 0 Å². The van der Waals surface area contributed by atoms with Crippen LogP contribution < -0.4 is 16.0 Å². The molecule has 3 rings (SSSR count). The van der Waals surface area contributed by atoms with Gasteiger partial charge in [0.05, 0.1) is 20.1 Å². The lowest BCUT2D eigenvalue weighted by Gasteiger charge is -2.54. The summed E-state index contributed by atoms with van der Waals surface area (Å²) in [5.74, 6) is 0. The van der Waals surface area contributed by atoms with Crippen molar-refractivity contribution in [1.82, 2.24) is 5.32 Å². The van der Waals surface area contributed by atoms with Gasteiger partial charge in [-0.1, -0.05) is 0 Å². The molecule has 3 aliphatic rings. The molecule has 3 heterocycles. The van der Waals surface area contributed by atoms with E-state index in [0.29, 0.717) is 0 Å². The van der Waals surface area contributed by atoms with Gasteiger partial charge in [0.1, 0.15) is 39.3 Å². The molecule has 0 spiro atoms. The van der Waals surface area contributed by atoms with E-state index in [1.54, 1.807) is 0 Å². The lowest BCUT2D eigenvalue weighted by Crippen LogP contribution is -2.74. The molecule has 5 nitrogen and oxygen atoms in total. The zero-order valence-electron chi connectivity index (χ0n) is 11.1. The van der Waals surface area contributed by atoms with Gasteiger partial charge in [-0.25, -0.2) is 0 Å². The molecule has 0 radical (unpaired) electrons. The van der Waals surface area contributed by atoms with E-state index >= 15 is 0 Å². The Bertz CT molecular complexity index is 252. The molecule has 0 aromatic rings. The number of piperazine rings is 3. The van der Waals surface area contributed by atoms with Crippen LogP contribution in [0.3, 0.4) is 0 Å². The van der Waals surface area contributed by atoms with Gasteiger partial charge >= 0.3 is 0 Å². The Labute approximate surface area is 104 Å². The molecule has 2 bridgehead atoms. The normalized spacial score (nSPS) is 36.8. The number of hydrogen-bond donors (Lipinski definition) is 3. The molecule has 17 heavy (non-hydrogen) atoms. The van der Waals surface area contributed by atoms with Crippen LogP contribution in [0.25, 0.3) is 0 Å². The number of fused-ring (bicyclic) bond motifs is 3. The van der Waals surface area contributed by atoms with E-state index in [-0.39, 0.29) is 0 Å². The average Bonchev–Trinajstić information content (AvgIpc) is 2.36. The van der Waals surface area contributed by atoms with E-state index in [0.717, 1.165) is 19.6 Å². The molecule has 0 saturated carbocycles. The number of rotatable bonds is 6. The van der Waals surface area contributed by atoms with Crippen molar-refractivity contribution in [1.29, 1.82) is 0 Å². The average molecular weight is 242 g/mol. The first-order valence-corrected chi connectivity index (χ1v) is 6.84. The zero-order chi connectivity index (χ0) is 12.2. The van der Waals surface area contributed by atoms with Crippen molar-refractivity contribution in [3.63, 3.8) is 0 Å². The van der Waals surface area contributed by atoms with Gasteiger partial charge in [0.2, 0.25) is 6.34 Å². The van der Waals surface area contributed by atoms with Gasteiger partial charge in [0.15, 0.2) is 0 Å². The van der Waals surface area contributed by atoms with E-state index in [1.165, 1.54) is 61.1 Å². The van der Waals surface area contributed by atoms with E-state index in [2.05, 4.69) is 17.4 Å². The van der Waals surface area contributed by atoms with Crippen LogP contribution in [-0.2, 0) is 0 Å². The van der Waals surface area contributed by atoms with E-state index in [1.807, 2.05) is 0 Å². The van der Waals surface area contributed by atoms with Crippen molar-refractivity contribution in [3.8, 4) is 0 Å². The van der Waals surface area contributed by atoms with Crippen LogP contribution in [0.5, 0.6) is 0 Å². The van der Waals surface area contributed by atoms with Gasteiger partial charge in [-0.3, -0.25) is 10.7 Å². The Morgan fingerprint density at radius 2 is 1.76 bits per heavy atom. The summed E-state index contributed by atoms with van der Waals surface area (Å²) in [7, 11) is 2.42. The molecular formula is C12H28N5+3. The molecule has 3 fully saturated rings. The summed E-state index contributed by atoms with van der Waals surface area (Å²) in [6.45, 7) is 12.6. The second kappa shape index (κ2) is 5.33. The first-order valence-electron chi connectivity index (χ1n) is 6.84. The highest BCUT2D eigenvalue weighted by atomic mass is 15.5. The van der Waals surface area contributed by atoms with Crippen molar-refractivity contribution in [2.24, 2.45) is 5.73 Å². The Morgan fingerprint density at radius 3 is 2.35 bits per heavy atom. The number of nitrogens with zero attached hydrogens (tertiary/aromatic N) is 2. The van der Waals surface area contributed by atoms with Crippen molar-refractivity contribution in [2.45, 2.75) is 0 Å². The molecular weight excluding hydrogens is 214 g/mol. The Balaban J connectivity index is 1.66. The van der Waals surface area contributed by atoms with E-state index < -0.39 is 0 Å². The lowest BCUT2D eigenvalue weighted by molar-refractivity contribution is -1.07. The minimum absolute atomic E-state index is 0.922. The van der Waals surface area contributed by atoms with Gasteiger partial charge in [-0.15, -0.1) is 0 Å². The first kappa shape index (κ1) is 12.8. The summed E-state index contributed by atoms with van der Waals surface area (Å²) in [6.07, 6.45) is 1.51. The number of likely N-dealkylation sites (N-methyl/N-ethyl adjacent to an activating group) is 1. The fraction of sp³-hybridized carbons (Fsp3) is 0.917. The first-order chi connectivity index (χ1) is 8.18. The third-order valence-corrected chi connectivity index (χ3v) is 4.67. The minimum atomic E-state index is 0.922. The van der Waals surface area contributed by atoms with Crippen LogP contribution >= 0.6 is 0 Å². The molecule has 0 aromatic heterocycles. The molecule has 0 aliphatic carbocycles. The maximum absolute atomic E-state index is 5.25. The smallest absolute Gasteiger partial charge is 0.227 e. The van der Waals surface area contributed by atoms with E-state index in [4.69, 9.17) is 5.73 Å². The summed E-state index contributed by atoms with van der Waals surface area (Å²) >= 11 is 0. The highest BCUT2D eigenvalue weighted by molar-refractivity contribution is 5.42. The molecule has 98 valence electrons. The van der Waals surface area contributed by atoms with Crippen LogP contribution in [-0.4, -0.2) is 87.8 Å². The van der Waals surface area contributed by atoms with Gasteiger partial charge in [-0.05, 0) is 0 Å². The standard InChI is InChI=1S/C12H27N5/c1-16-6-9-17(10-7-16,11-8-16)5-4-14-2-3-15-12-13/h12,14H,2-11H2,1H3,(H2,13,15)/q+2/p+1. The fourth-order valence-electron chi connectivity index (χ4n) is 3.05. The molecule has 0 amide bonds. The van der Waals surface area contributed by atoms with Crippen LogP contribution in [0.2, 0.25) is 0 Å². The predicted molar refractivity (Wildman–Crippen MR) is 69.5 cm³/mol. The molecule has 0 unspecified atom stereocenters. The van der Waals surface area contributed by atoms with Crippen molar-refractivity contribution >= 4 is 6.34 Å². The highest BCUT2D eigenvalue weighted by Crippen LogP contribution is 2.23. The molecule has 5 heteroatoms. The number of nitrogens with two attached hydrogens (primary N) is 1. The van der Waals surface area contributed by atoms with Crippen LogP contribution in [0.4, 0.5) is 0 Å². The van der Waals surface area contributed by atoms with Crippen molar-refractivity contribution < 1.29 is 14.0 Å². The SMILES string of the molecule is C[N+]12CC[N+](CCNCC[NH+]=CN)(CC1)CC2. The number of nitrogens with one attached hydrogen (secondary N) is 2. The highest BCUT2D eigenvalue weighted by Gasteiger charge is 2.46. The Hall–Kier alpha value is -0.650. The summed E-state index contributed by atoms with van der Waals surface area (Å²) in [5.41, 5.74) is 5.25. The fourth-order valence-corrected chi connectivity index (χ4v) is 3.05. The minimum Gasteiger partial charge on any atom is -0.312 e. The van der Waals surface area contributed by atoms with Crippen LogP contribution in [0, 0.1) is 0 Å². The maximum Gasteiger partial charge on any atom is 0.227 e. The van der Waals surface area contributed by atoms with E-state index in [9.17, 15) is 0 Å². The lowest BCUT2D eigenvalue weighted by atomic mass is 10.1. The predicted octanol–water partition coefficient (Wildman–Crippen LogP) is -3.07. The Morgan fingerprint density at radius 1 is 1.12 bits per heavy atom. The molecule has 0 aromatic carbocycles. The zero-order valence-corrected chi connectivity index (χ0v) is 11.1. The summed E-state index contributed by atoms with van der Waals surface area (Å²) in [6, 6.07) is 0. The number of hydrogen-bond acceptors (Lipinski definition) is 1. The Kier molecular flexibility index (Phi) is 4.01. The molecule has 0 atom stereocenters. The third-order valence-electron chi connectivity index (χ3n) is 4.67.